The summed E-state index contributed by atoms with van der Waals surface area (Å²) < 4.78 is 44.3. The van der Waals surface area contributed by atoms with Crippen LogP contribution >= 0.6 is 0 Å². The summed E-state index contributed by atoms with van der Waals surface area (Å²) in [6.45, 7) is 8.45. The van der Waals surface area contributed by atoms with Gasteiger partial charge in [-0.3, -0.25) is 14.7 Å². The average molecular weight is 662 g/mol. The van der Waals surface area contributed by atoms with Crippen LogP contribution in [-0.2, 0) is 9.53 Å². The van der Waals surface area contributed by atoms with E-state index < -0.39 is 11.6 Å². The van der Waals surface area contributed by atoms with E-state index >= 15 is 8.78 Å². The lowest BCUT2D eigenvalue weighted by Crippen LogP contribution is -2.55. The fraction of sp³-hybridized carbons (Fsp3) is 0.486. The second kappa shape index (κ2) is 13.4. The number of benzene rings is 2. The minimum Gasteiger partial charge on any atom is -0.508 e. The Hall–Kier alpha value is -4.20. The number of ether oxygens (including phenoxy) is 2. The summed E-state index contributed by atoms with van der Waals surface area (Å²) in [5.74, 6) is -1.04. The number of carbonyl (C=O) groups is 1. The summed E-state index contributed by atoms with van der Waals surface area (Å²) >= 11 is 0. The van der Waals surface area contributed by atoms with Gasteiger partial charge in [0.05, 0.1) is 23.6 Å². The van der Waals surface area contributed by atoms with E-state index in [9.17, 15) is 9.90 Å². The number of phenolic OH excluding ortho intramolecular Hbond substituents is 1. The minimum atomic E-state index is -0.763. The molecule has 3 fully saturated rings. The standard InChI is InChI=1S/C33H35F2N7O4.C2H6/c34-25-4-1-3-19-11-21(43)12-23(27(19)25)29-28(35)30-24(15-38-29)31-40-32(39-30)46-18-33-6-2-8-42(33)17-22(13-33)45-10-5-26(44)37-14-20-16-41(31)9-7-36-20;1-2/h1,3-4,11-12,15,20,22,36,43H,2,5-10,13-14,16-18H2,(H,37,44);1-2H3. The van der Waals surface area contributed by atoms with Gasteiger partial charge in [-0.05, 0) is 49.4 Å². The van der Waals surface area contributed by atoms with E-state index in [1.165, 1.54) is 30.5 Å². The Balaban J connectivity index is 0.00000179. The van der Waals surface area contributed by atoms with Crippen LogP contribution in [0.1, 0.15) is 39.5 Å². The molecule has 0 aliphatic carbocycles. The van der Waals surface area contributed by atoms with E-state index in [1.54, 1.807) is 6.07 Å². The SMILES string of the molecule is CC.O=C1CCOC2CN3CCCC3(COc3nc(c4cnc(-c5cc(O)cc6cccc(F)c56)c(F)c4n3)N3CCNC(CN1)C3)C2. The van der Waals surface area contributed by atoms with Crippen molar-refractivity contribution in [3.63, 3.8) is 0 Å². The van der Waals surface area contributed by atoms with Gasteiger partial charge in [0.25, 0.3) is 0 Å². The van der Waals surface area contributed by atoms with Gasteiger partial charge in [-0.1, -0.05) is 26.0 Å². The molecule has 1 spiro atoms. The zero-order valence-electron chi connectivity index (χ0n) is 27.3. The minimum absolute atomic E-state index is 0.00690. The number of rotatable bonds is 1. The lowest BCUT2D eigenvalue weighted by molar-refractivity contribution is -0.122. The lowest BCUT2D eigenvalue weighted by atomic mass is 9.94. The van der Waals surface area contributed by atoms with Crippen LogP contribution in [0.3, 0.4) is 0 Å². The number of piperazine rings is 1. The summed E-state index contributed by atoms with van der Waals surface area (Å²) in [7, 11) is 0. The van der Waals surface area contributed by atoms with E-state index in [0.29, 0.717) is 62.4 Å². The van der Waals surface area contributed by atoms with Crippen LogP contribution in [0.15, 0.2) is 36.5 Å². The molecule has 8 rings (SSSR count). The van der Waals surface area contributed by atoms with Crippen molar-refractivity contribution in [3.05, 3.63) is 48.2 Å². The van der Waals surface area contributed by atoms with Crippen LogP contribution in [0.5, 0.6) is 11.8 Å². The van der Waals surface area contributed by atoms with Gasteiger partial charge in [0.1, 0.15) is 35.2 Å². The molecule has 6 heterocycles. The number of phenols is 1. The van der Waals surface area contributed by atoms with Crippen LogP contribution in [-0.4, -0.2) is 101 Å². The highest BCUT2D eigenvalue weighted by Crippen LogP contribution is 2.41. The van der Waals surface area contributed by atoms with Gasteiger partial charge in [-0.2, -0.15) is 9.97 Å². The van der Waals surface area contributed by atoms with E-state index in [1.807, 2.05) is 18.7 Å². The number of nitrogens with zero attached hydrogens (tertiary/aromatic N) is 5. The van der Waals surface area contributed by atoms with Gasteiger partial charge in [0.15, 0.2) is 5.82 Å². The lowest BCUT2D eigenvalue weighted by Gasteiger charge is -2.35. The van der Waals surface area contributed by atoms with Crippen LogP contribution in [0.2, 0.25) is 0 Å². The quantitative estimate of drug-likeness (QED) is 0.274. The molecule has 3 saturated heterocycles. The second-order valence-electron chi connectivity index (χ2n) is 12.8. The van der Waals surface area contributed by atoms with Crippen molar-refractivity contribution in [2.75, 3.05) is 57.4 Å². The fourth-order valence-corrected chi connectivity index (χ4v) is 7.64. The van der Waals surface area contributed by atoms with Crippen LogP contribution < -0.4 is 20.3 Å². The molecular formula is C35H41F2N7O4. The Morgan fingerprint density at radius 1 is 1.12 bits per heavy atom. The first kappa shape index (κ1) is 32.4. The van der Waals surface area contributed by atoms with Crippen molar-refractivity contribution >= 4 is 33.4 Å². The van der Waals surface area contributed by atoms with Crippen molar-refractivity contribution in [1.82, 2.24) is 30.5 Å². The summed E-state index contributed by atoms with van der Waals surface area (Å²) in [4.78, 5) is 30.9. The van der Waals surface area contributed by atoms with Gasteiger partial charge in [0, 0.05) is 62.3 Å². The first-order valence-electron chi connectivity index (χ1n) is 16.9. The highest BCUT2D eigenvalue weighted by Gasteiger charge is 2.49. The number of fused-ring (bicyclic) bond motifs is 9. The maximum absolute atomic E-state index is 16.7. The Morgan fingerprint density at radius 2 is 2.00 bits per heavy atom. The predicted molar refractivity (Wildman–Crippen MR) is 178 cm³/mol. The number of aromatic nitrogens is 3. The molecule has 3 atom stereocenters. The number of halogens is 2. The number of nitrogens with one attached hydrogen (secondary N) is 2. The third-order valence-corrected chi connectivity index (χ3v) is 9.84. The largest absolute Gasteiger partial charge is 0.508 e. The van der Waals surface area contributed by atoms with Gasteiger partial charge in [-0.15, -0.1) is 0 Å². The Bertz CT molecular complexity index is 1840. The smallest absolute Gasteiger partial charge is 0.319 e. The first-order valence-corrected chi connectivity index (χ1v) is 16.9. The van der Waals surface area contributed by atoms with E-state index in [0.717, 1.165) is 32.4 Å². The Kier molecular flexibility index (Phi) is 9.01. The van der Waals surface area contributed by atoms with Crippen molar-refractivity contribution in [1.29, 1.82) is 0 Å². The van der Waals surface area contributed by atoms with Crippen molar-refractivity contribution in [3.8, 4) is 23.0 Å². The normalized spacial score (nSPS) is 24.8. The number of hydrogen-bond donors (Lipinski definition) is 3. The number of pyridine rings is 1. The highest BCUT2D eigenvalue weighted by molar-refractivity contribution is 6.00. The maximum Gasteiger partial charge on any atom is 0.319 e. The topological polar surface area (TPSA) is 125 Å². The molecule has 4 aliphatic rings. The van der Waals surface area contributed by atoms with E-state index in [2.05, 4.69) is 25.5 Å². The van der Waals surface area contributed by atoms with Crippen molar-refractivity contribution in [2.45, 2.75) is 57.2 Å². The molecule has 4 aromatic rings. The zero-order valence-corrected chi connectivity index (χ0v) is 27.3. The molecule has 48 heavy (non-hydrogen) atoms. The Labute approximate surface area is 277 Å². The molecule has 2 aromatic carbocycles. The number of anilines is 1. The first-order chi connectivity index (χ1) is 23.4. The third-order valence-electron chi connectivity index (χ3n) is 9.84. The molecule has 6 bridgehead atoms. The van der Waals surface area contributed by atoms with Gasteiger partial charge >= 0.3 is 6.01 Å². The number of carbonyl (C=O) groups excluding carboxylic acids is 1. The molecule has 0 saturated carbocycles. The van der Waals surface area contributed by atoms with Crippen LogP contribution in [0.25, 0.3) is 32.9 Å². The zero-order chi connectivity index (χ0) is 33.4. The summed E-state index contributed by atoms with van der Waals surface area (Å²) in [6.07, 6.45) is 4.48. The van der Waals surface area contributed by atoms with E-state index in [4.69, 9.17) is 14.5 Å². The molecule has 1 amide bonds. The second-order valence-corrected chi connectivity index (χ2v) is 12.8. The summed E-state index contributed by atoms with van der Waals surface area (Å²) in [5.41, 5.74) is -0.284. The molecule has 0 radical (unpaired) electrons. The monoisotopic (exact) mass is 661 g/mol. The predicted octanol–water partition coefficient (Wildman–Crippen LogP) is 4.16. The maximum atomic E-state index is 16.7. The van der Waals surface area contributed by atoms with Gasteiger partial charge < -0.3 is 30.1 Å². The molecule has 4 aliphatic heterocycles. The van der Waals surface area contributed by atoms with Gasteiger partial charge in [0.2, 0.25) is 5.91 Å². The highest BCUT2D eigenvalue weighted by atomic mass is 19.1. The molecule has 254 valence electrons. The molecule has 3 N–H and O–H groups in total. The molecule has 11 nitrogen and oxygen atoms in total. The van der Waals surface area contributed by atoms with Crippen LogP contribution in [0.4, 0.5) is 14.6 Å². The molecular weight excluding hydrogens is 620 g/mol. The summed E-state index contributed by atoms with van der Waals surface area (Å²) in [6, 6.07) is 7.20. The fourth-order valence-electron chi connectivity index (χ4n) is 7.64. The van der Waals surface area contributed by atoms with E-state index in [-0.39, 0.29) is 57.5 Å². The summed E-state index contributed by atoms with van der Waals surface area (Å²) in [5, 5.41) is 17.9. The number of hydrogen-bond acceptors (Lipinski definition) is 10. The number of amides is 1. The molecule has 2 aromatic heterocycles. The average Bonchev–Trinajstić information content (AvgIpc) is 3.64. The van der Waals surface area contributed by atoms with Crippen molar-refractivity contribution in [2.24, 2.45) is 0 Å². The van der Waals surface area contributed by atoms with Crippen LogP contribution in [0, 0.1) is 11.6 Å². The number of aromatic hydroxyl groups is 1. The molecule has 13 heteroatoms. The van der Waals surface area contributed by atoms with Crippen molar-refractivity contribution < 1.29 is 28.2 Å². The van der Waals surface area contributed by atoms with Gasteiger partial charge in [-0.25, -0.2) is 8.78 Å². The Morgan fingerprint density at radius 3 is 2.88 bits per heavy atom. The molecule has 3 unspecified atom stereocenters. The third kappa shape index (κ3) is 5.99.